The van der Waals surface area contributed by atoms with Crippen molar-refractivity contribution in [1.29, 1.82) is 0 Å². The highest BCUT2D eigenvalue weighted by atomic mass is 16.5. The minimum atomic E-state index is 0.326. The first-order chi connectivity index (χ1) is 13.3. The highest BCUT2D eigenvalue weighted by Gasteiger charge is 2.15. The van der Waals surface area contributed by atoms with E-state index in [1.54, 1.807) is 0 Å². The monoisotopic (exact) mass is 356 g/mol. The summed E-state index contributed by atoms with van der Waals surface area (Å²) in [5, 5.41) is 1.20. The van der Waals surface area contributed by atoms with Crippen LogP contribution in [0, 0.1) is 0 Å². The van der Waals surface area contributed by atoms with Crippen molar-refractivity contribution in [3.05, 3.63) is 96.4 Å². The van der Waals surface area contributed by atoms with Crippen LogP contribution in [0.15, 0.2) is 85.3 Å². The Kier molecular flexibility index (Phi) is 5.20. The van der Waals surface area contributed by atoms with Crippen molar-refractivity contribution in [2.75, 3.05) is 0 Å². The van der Waals surface area contributed by atoms with Gasteiger partial charge in [-0.25, -0.2) is 0 Å². The molecule has 0 saturated heterocycles. The van der Waals surface area contributed by atoms with Crippen LogP contribution in [0.4, 0.5) is 0 Å². The van der Waals surface area contributed by atoms with Gasteiger partial charge in [0.1, 0.15) is 12.4 Å². The van der Waals surface area contributed by atoms with Crippen LogP contribution >= 0.6 is 0 Å². The van der Waals surface area contributed by atoms with E-state index in [9.17, 15) is 0 Å². The largest absolute Gasteiger partial charge is 0.489 e. The molecule has 4 rings (SSSR count). The zero-order valence-corrected chi connectivity index (χ0v) is 15.6. The maximum Gasteiger partial charge on any atom is 0.120 e. The van der Waals surface area contributed by atoms with Gasteiger partial charge >= 0.3 is 0 Å². The summed E-state index contributed by atoms with van der Waals surface area (Å²) in [7, 11) is 0. The molecule has 0 aliphatic carbocycles. The number of hydrogen-bond donors (Lipinski definition) is 0. The fraction of sp³-hybridized carbons (Fsp3) is 0.208. The van der Waals surface area contributed by atoms with Crippen molar-refractivity contribution in [3.63, 3.8) is 0 Å². The molecule has 0 radical (unpaired) electrons. The smallest absolute Gasteiger partial charge is 0.120 e. The molecule has 0 saturated carbocycles. The molecule has 136 valence electrons. The number of aromatic nitrogens is 2. The second kappa shape index (κ2) is 8.09. The van der Waals surface area contributed by atoms with Gasteiger partial charge in [0.25, 0.3) is 0 Å². The molecule has 0 aliphatic rings. The van der Waals surface area contributed by atoms with E-state index in [1.165, 1.54) is 22.0 Å². The average Bonchev–Trinajstić information content (AvgIpc) is 3.15. The van der Waals surface area contributed by atoms with Crippen LogP contribution in [0.2, 0.25) is 0 Å². The van der Waals surface area contributed by atoms with Gasteiger partial charge < -0.3 is 9.30 Å². The Labute approximate surface area is 160 Å². The first-order valence-corrected chi connectivity index (χ1v) is 9.52. The molecule has 1 unspecified atom stereocenters. The van der Waals surface area contributed by atoms with Crippen molar-refractivity contribution < 1.29 is 4.74 Å². The SMILES string of the molecule is CCCC(c1ccncc1)n1ccc2cc(OCc3ccccc3)ccc21. The molecule has 2 aromatic heterocycles. The number of hydrogen-bond acceptors (Lipinski definition) is 2. The molecule has 0 aliphatic heterocycles. The van der Waals surface area contributed by atoms with Crippen LogP contribution in [0.3, 0.4) is 0 Å². The van der Waals surface area contributed by atoms with Crippen LogP contribution in [0.5, 0.6) is 5.75 Å². The fourth-order valence-corrected chi connectivity index (χ4v) is 3.57. The zero-order valence-electron chi connectivity index (χ0n) is 15.6. The highest BCUT2D eigenvalue weighted by Crippen LogP contribution is 2.30. The summed E-state index contributed by atoms with van der Waals surface area (Å²) in [5.41, 5.74) is 3.71. The topological polar surface area (TPSA) is 27.1 Å². The molecule has 3 heteroatoms. The quantitative estimate of drug-likeness (QED) is 0.406. The summed E-state index contributed by atoms with van der Waals surface area (Å²) < 4.78 is 8.35. The van der Waals surface area contributed by atoms with Gasteiger partial charge in [-0.3, -0.25) is 4.98 Å². The number of benzene rings is 2. The van der Waals surface area contributed by atoms with Crippen LogP contribution in [0.1, 0.15) is 36.9 Å². The van der Waals surface area contributed by atoms with Crippen molar-refractivity contribution in [1.82, 2.24) is 9.55 Å². The van der Waals surface area contributed by atoms with Crippen molar-refractivity contribution in [2.24, 2.45) is 0 Å². The van der Waals surface area contributed by atoms with Crippen LogP contribution in [0.25, 0.3) is 10.9 Å². The second-order valence-electron chi connectivity index (χ2n) is 6.80. The number of rotatable bonds is 7. The Morgan fingerprint density at radius 2 is 1.78 bits per heavy atom. The standard InChI is InChI=1S/C24H24N2O/c1-2-6-23(20-11-14-25-15-12-20)26-16-13-21-17-22(9-10-24(21)26)27-18-19-7-4-3-5-8-19/h3-5,7-17,23H,2,6,18H2,1H3. The molecular weight excluding hydrogens is 332 g/mol. The van der Waals surface area contributed by atoms with E-state index in [0.29, 0.717) is 12.6 Å². The molecule has 0 N–H and O–H groups in total. The fourth-order valence-electron chi connectivity index (χ4n) is 3.57. The Hall–Kier alpha value is -3.07. The molecule has 4 aromatic rings. The predicted octanol–water partition coefficient (Wildman–Crippen LogP) is 6.00. The van der Waals surface area contributed by atoms with E-state index in [1.807, 2.05) is 30.6 Å². The lowest BCUT2D eigenvalue weighted by Gasteiger charge is -2.20. The summed E-state index contributed by atoms with van der Waals surface area (Å²) >= 11 is 0. The minimum absolute atomic E-state index is 0.326. The molecule has 0 fully saturated rings. The lowest BCUT2D eigenvalue weighted by atomic mass is 10.0. The molecule has 1 atom stereocenters. The summed E-state index contributed by atoms with van der Waals surface area (Å²) in [4.78, 5) is 4.16. The van der Waals surface area contributed by atoms with Crippen LogP contribution in [-0.2, 0) is 6.61 Å². The Bertz CT molecular complexity index is 993. The summed E-state index contributed by atoms with van der Waals surface area (Å²) in [5.74, 6) is 0.903. The Morgan fingerprint density at radius 3 is 2.56 bits per heavy atom. The van der Waals surface area contributed by atoms with Crippen LogP contribution < -0.4 is 4.74 Å². The number of fused-ring (bicyclic) bond motifs is 1. The lowest BCUT2D eigenvalue weighted by molar-refractivity contribution is 0.306. The van der Waals surface area contributed by atoms with Gasteiger partial charge in [-0.15, -0.1) is 0 Å². The number of nitrogens with zero attached hydrogens (tertiary/aromatic N) is 2. The van der Waals surface area contributed by atoms with Gasteiger partial charge in [0.05, 0.1) is 6.04 Å². The molecule has 0 amide bonds. The summed E-state index contributed by atoms with van der Waals surface area (Å²) in [6.45, 7) is 2.82. The van der Waals surface area contributed by atoms with Gasteiger partial charge in [0, 0.05) is 29.5 Å². The van der Waals surface area contributed by atoms with E-state index in [2.05, 4.69) is 71.2 Å². The first-order valence-electron chi connectivity index (χ1n) is 9.52. The number of ether oxygens (including phenoxy) is 1. The predicted molar refractivity (Wildman–Crippen MR) is 110 cm³/mol. The maximum absolute atomic E-state index is 5.98. The molecule has 2 heterocycles. The third kappa shape index (κ3) is 3.87. The molecule has 27 heavy (non-hydrogen) atoms. The van der Waals surface area contributed by atoms with Gasteiger partial charge in [-0.1, -0.05) is 43.7 Å². The molecule has 2 aromatic carbocycles. The minimum Gasteiger partial charge on any atom is -0.489 e. The van der Waals surface area contributed by atoms with Crippen LogP contribution in [-0.4, -0.2) is 9.55 Å². The summed E-state index contributed by atoms with van der Waals surface area (Å²) in [6, 6.07) is 23.4. The van der Waals surface area contributed by atoms with E-state index >= 15 is 0 Å². The normalized spacial score (nSPS) is 12.2. The molecular formula is C24H24N2O. The van der Waals surface area contributed by atoms with Gasteiger partial charge in [-0.05, 0) is 53.9 Å². The highest BCUT2D eigenvalue weighted by molar-refractivity contribution is 5.82. The third-order valence-electron chi connectivity index (χ3n) is 4.93. The molecule has 0 spiro atoms. The first kappa shape index (κ1) is 17.3. The molecule has 3 nitrogen and oxygen atoms in total. The Morgan fingerprint density at radius 1 is 0.963 bits per heavy atom. The van der Waals surface area contributed by atoms with E-state index in [0.717, 1.165) is 18.6 Å². The lowest BCUT2D eigenvalue weighted by Crippen LogP contribution is -2.09. The zero-order chi connectivity index (χ0) is 18.5. The van der Waals surface area contributed by atoms with Crippen molar-refractivity contribution >= 4 is 10.9 Å². The van der Waals surface area contributed by atoms with E-state index in [-0.39, 0.29) is 0 Å². The van der Waals surface area contributed by atoms with E-state index in [4.69, 9.17) is 4.74 Å². The summed E-state index contributed by atoms with van der Waals surface area (Å²) in [6.07, 6.45) is 8.16. The average molecular weight is 356 g/mol. The second-order valence-corrected chi connectivity index (χ2v) is 6.80. The molecule has 0 bridgehead atoms. The van der Waals surface area contributed by atoms with Gasteiger partial charge in [0.2, 0.25) is 0 Å². The van der Waals surface area contributed by atoms with Gasteiger partial charge in [-0.2, -0.15) is 0 Å². The Balaban J connectivity index is 1.60. The maximum atomic E-state index is 5.98. The number of pyridine rings is 1. The third-order valence-corrected chi connectivity index (χ3v) is 4.93. The van der Waals surface area contributed by atoms with Gasteiger partial charge in [0.15, 0.2) is 0 Å². The van der Waals surface area contributed by atoms with E-state index < -0.39 is 0 Å². The van der Waals surface area contributed by atoms with Crippen molar-refractivity contribution in [2.45, 2.75) is 32.4 Å². The van der Waals surface area contributed by atoms with Crippen molar-refractivity contribution in [3.8, 4) is 5.75 Å².